The van der Waals surface area contributed by atoms with Crippen LogP contribution in [0.3, 0.4) is 0 Å². The van der Waals surface area contributed by atoms with Crippen LogP contribution in [0.25, 0.3) is 0 Å². The number of sulfonamides is 1. The molecule has 1 unspecified atom stereocenters. The van der Waals surface area contributed by atoms with Crippen molar-refractivity contribution in [3.8, 4) is 0 Å². The van der Waals surface area contributed by atoms with E-state index < -0.39 is 16.1 Å². The van der Waals surface area contributed by atoms with Crippen molar-refractivity contribution >= 4 is 16.1 Å². The molecule has 2 N–H and O–H groups in total. The van der Waals surface area contributed by atoms with Crippen LogP contribution in [0.1, 0.15) is 19.3 Å². The summed E-state index contributed by atoms with van der Waals surface area (Å²) in [5, 5.41) is 9.10. The molecule has 6 nitrogen and oxygen atoms in total. The first-order valence-corrected chi connectivity index (χ1v) is 8.03. The fourth-order valence-corrected chi connectivity index (χ4v) is 3.45. The van der Waals surface area contributed by atoms with E-state index in [0.29, 0.717) is 13.0 Å². The fraction of sp³-hybridized carbons (Fsp3) is 0.462. The number of benzene rings is 1. The zero-order valence-corrected chi connectivity index (χ0v) is 11.8. The van der Waals surface area contributed by atoms with E-state index in [1.54, 1.807) is 18.2 Å². The van der Waals surface area contributed by atoms with E-state index in [2.05, 4.69) is 4.72 Å². The van der Waals surface area contributed by atoms with Gasteiger partial charge in [-0.15, -0.1) is 0 Å². The van der Waals surface area contributed by atoms with Gasteiger partial charge in [-0.25, -0.2) is 17.9 Å². The second kappa shape index (κ2) is 6.23. The van der Waals surface area contributed by atoms with E-state index in [4.69, 9.17) is 5.11 Å². The van der Waals surface area contributed by atoms with Crippen molar-refractivity contribution in [2.45, 2.75) is 30.2 Å². The summed E-state index contributed by atoms with van der Waals surface area (Å²) in [6.45, 7) is 0.580. The number of carbonyl (C=O) groups is 1. The number of carboxylic acid groups (broad SMARTS) is 1. The molecule has 1 heterocycles. The normalized spacial score (nSPS) is 19.8. The SMILES string of the molecule is O=C(O)N1CCCCC1CNS(=O)(=O)c1ccccc1. The number of hydrogen-bond acceptors (Lipinski definition) is 3. The monoisotopic (exact) mass is 298 g/mol. The van der Waals surface area contributed by atoms with Crippen LogP contribution in [0.4, 0.5) is 4.79 Å². The van der Waals surface area contributed by atoms with Crippen LogP contribution in [0.5, 0.6) is 0 Å². The minimum absolute atomic E-state index is 0.115. The van der Waals surface area contributed by atoms with Crippen LogP contribution in [0.2, 0.25) is 0 Å². The third kappa shape index (κ3) is 3.49. The van der Waals surface area contributed by atoms with Gasteiger partial charge in [0, 0.05) is 19.1 Å². The van der Waals surface area contributed by atoms with Gasteiger partial charge in [-0.2, -0.15) is 0 Å². The average molecular weight is 298 g/mol. The Kier molecular flexibility index (Phi) is 4.61. The molecule has 1 aromatic carbocycles. The summed E-state index contributed by atoms with van der Waals surface area (Å²) in [5.41, 5.74) is 0. The number of likely N-dealkylation sites (tertiary alicyclic amines) is 1. The summed E-state index contributed by atoms with van der Waals surface area (Å²) in [5.74, 6) is 0. The van der Waals surface area contributed by atoms with E-state index in [0.717, 1.165) is 12.8 Å². The fourth-order valence-electron chi connectivity index (χ4n) is 2.35. The van der Waals surface area contributed by atoms with Crippen molar-refractivity contribution in [2.75, 3.05) is 13.1 Å². The Bertz CT molecular complexity index is 559. The molecule has 1 aromatic rings. The Labute approximate surface area is 118 Å². The summed E-state index contributed by atoms with van der Waals surface area (Å²) in [6.07, 6.45) is 1.44. The van der Waals surface area contributed by atoms with Crippen LogP contribution in [-0.4, -0.2) is 43.6 Å². The summed E-state index contributed by atoms with van der Waals surface area (Å²) in [7, 11) is -3.58. The molecule has 1 atom stereocenters. The quantitative estimate of drug-likeness (QED) is 0.882. The summed E-state index contributed by atoms with van der Waals surface area (Å²) in [4.78, 5) is 12.6. The second-order valence-corrected chi connectivity index (χ2v) is 6.56. The van der Waals surface area contributed by atoms with Gasteiger partial charge in [0.1, 0.15) is 0 Å². The minimum Gasteiger partial charge on any atom is -0.465 e. The predicted molar refractivity (Wildman–Crippen MR) is 74.0 cm³/mol. The van der Waals surface area contributed by atoms with Gasteiger partial charge >= 0.3 is 6.09 Å². The van der Waals surface area contributed by atoms with Crippen molar-refractivity contribution in [1.29, 1.82) is 0 Å². The number of amides is 1. The molecule has 110 valence electrons. The molecule has 0 saturated carbocycles. The van der Waals surface area contributed by atoms with Crippen molar-refractivity contribution < 1.29 is 18.3 Å². The number of piperidine rings is 1. The molecule has 0 spiro atoms. The summed E-state index contributed by atoms with van der Waals surface area (Å²) < 4.78 is 26.6. The van der Waals surface area contributed by atoms with Crippen LogP contribution >= 0.6 is 0 Å². The lowest BCUT2D eigenvalue weighted by atomic mass is 10.0. The van der Waals surface area contributed by atoms with Crippen molar-refractivity contribution in [2.24, 2.45) is 0 Å². The second-order valence-electron chi connectivity index (χ2n) is 4.79. The molecule has 7 heteroatoms. The Morgan fingerprint density at radius 1 is 1.30 bits per heavy atom. The van der Waals surface area contributed by atoms with Crippen LogP contribution in [0.15, 0.2) is 35.2 Å². The maximum absolute atomic E-state index is 12.1. The Balaban J connectivity index is 2.02. The molecule has 1 fully saturated rings. The lowest BCUT2D eigenvalue weighted by molar-refractivity contribution is 0.108. The molecule has 0 bridgehead atoms. The van der Waals surface area contributed by atoms with Gasteiger partial charge in [0.15, 0.2) is 0 Å². The zero-order valence-electron chi connectivity index (χ0n) is 11.0. The Morgan fingerprint density at radius 2 is 2.00 bits per heavy atom. The van der Waals surface area contributed by atoms with Crippen molar-refractivity contribution in [1.82, 2.24) is 9.62 Å². The van der Waals surface area contributed by atoms with E-state index in [1.165, 1.54) is 17.0 Å². The third-order valence-electron chi connectivity index (χ3n) is 3.44. The topological polar surface area (TPSA) is 86.7 Å². The van der Waals surface area contributed by atoms with Gasteiger partial charge in [0.2, 0.25) is 10.0 Å². The molecule has 0 radical (unpaired) electrons. The zero-order chi connectivity index (χ0) is 14.6. The molecule has 1 aliphatic heterocycles. The molecule has 2 rings (SSSR count). The Hall–Kier alpha value is -1.60. The van der Waals surface area contributed by atoms with Crippen LogP contribution < -0.4 is 4.72 Å². The van der Waals surface area contributed by atoms with E-state index in [-0.39, 0.29) is 17.5 Å². The first-order chi connectivity index (χ1) is 9.50. The highest BCUT2D eigenvalue weighted by atomic mass is 32.2. The van der Waals surface area contributed by atoms with Gasteiger partial charge in [-0.3, -0.25) is 0 Å². The van der Waals surface area contributed by atoms with E-state index in [1.807, 2.05) is 0 Å². The minimum atomic E-state index is -3.58. The highest BCUT2D eigenvalue weighted by molar-refractivity contribution is 7.89. The maximum Gasteiger partial charge on any atom is 0.407 e. The molecule has 20 heavy (non-hydrogen) atoms. The smallest absolute Gasteiger partial charge is 0.407 e. The van der Waals surface area contributed by atoms with E-state index in [9.17, 15) is 13.2 Å². The average Bonchev–Trinajstić information content (AvgIpc) is 2.46. The number of nitrogens with one attached hydrogen (secondary N) is 1. The summed E-state index contributed by atoms with van der Waals surface area (Å²) >= 11 is 0. The highest BCUT2D eigenvalue weighted by Gasteiger charge is 2.27. The van der Waals surface area contributed by atoms with Gasteiger partial charge in [-0.05, 0) is 31.4 Å². The Morgan fingerprint density at radius 3 is 2.65 bits per heavy atom. The molecule has 1 amide bonds. The lowest BCUT2D eigenvalue weighted by Gasteiger charge is -2.33. The molecule has 0 aliphatic carbocycles. The number of hydrogen-bond donors (Lipinski definition) is 2. The predicted octanol–water partition coefficient (Wildman–Crippen LogP) is 1.50. The largest absolute Gasteiger partial charge is 0.465 e. The molecule has 1 saturated heterocycles. The molecule has 1 aliphatic rings. The third-order valence-corrected chi connectivity index (χ3v) is 4.87. The van der Waals surface area contributed by atoms with Gasteiger partial charge in [0.05, 0.1) is 4.90 Å². The highest BCUT2D eigenvalue weighted by Crippen LogP contribution is 2.17. The first-order valence-electron chi connectivity index (χ1n) is 6.55. The lowest BCUT2D eigenvalue weighted by Crippen LogP contribution is -2.48. The standard InChI is InChI=1S/C13H18N2O4S/c16-13(17)15-9-5-4-6-11(15)10-14-20(18,19)12-7-2-1-3-8-12/h1-3,7-8,11,14H,4-6,9-10H2,(H,16,17). The van der Waals surface area contributed by atoms with Gasteiger partial charge in [-0.1, -0.05) is 18.2 Å². The van der Waals surface area contributed by atoms with Crippen LogP contribution in [0, 0.1) is 0 Å². The van der Waals surface area contributed by atoms with E-state index >= 15 is 0 Å². The molecular formula is C13H18N2O4S. The van der Waals surface area contributed by atoms with Crippen molar-refractivity contribution in [3.63, 3.8) is 0 Å². The van der Waals surface area contributed by atoms with Crippen LogP contribution in [-0.2, 0) is 10.0 Å². The molecule has 0 aromatic heterocycles. The van der Waals surface area contributed by atoms with Gasteiger partial charge < -0.3 is 10.0 Å². The first kappa shape index (κ1) is 14.8. The summed E-state index contributed by atoms with van der Waals surface area (Å²) in [6, 6.07) is 7.78. The van der Waals surface area contributed by atoms with Crippen molar-refractivity contribution in [3.05, 3.63) is 30.3 Å². The number of nitrogens with zero attached hydrogens (tertiary/aromatic N) is 1. The number of rotatable bonds is 4. The maximum atomic E-state index is 12.1. The van der Waals surface area contributed by atoms with Gasteiger partial charge in [0.25, 0.3) is 0 Å². The molecular weight excluding hydrogens is 280 g/mol.